The van der Waals surface area contributed by atoms with Crippen LogP contribution in [-0.4, -0.2) is 0 Å². The standard InChI is InChI=1S/C23H30N/c1-2-3-4-5-6-7-8-11-18-24-19-12-15-22-21-14-10-9-13-20(21)16-17-23(22)24/h9-10,12-17,19H,2-8,11,18H2,1H3/q+1. The van der Waals surface area contributed by atoms with Crippen molar-refractivity contribution in [2.45, 2.75) is 64.8 Å². The van der Waals surface area contributed by atoms with Crippen LogP contribution in [-0.2, 0) is 6.54 Å². The zero-order valence-corrected chi connectivity index (χ0v) is 15.0. The van der Waals surface area contributed by atoms with E-state index in [1.165, 1.54) is 73.0 Å². The van der Waals surface area contributed by atoms with Crippen LogP contribution in [0.15, 0.2) is 54.7 Å². The average molecular weight is 321 g/mol. The lowest BCUT2D eigenvalue weighted by molar-refractivity contribution is -0.671. The Morgan fingerprint density at radius 1 is 0.667 bits per heavy atom. The minimum absolute atomic E-state index is 1.13. The van der Waals surface area contributed by atoms with Gasteiger partial charge in [-0.3, -0.25) is 0 Å². The lowest BCUT2D eigenvalue weighted by atomic mass is 10.0. The van der Waals surface area contributed by atoms with Gasteiger partial charge in [-0.1, -0.05) is 69.7 Å². The summed E-state index contributed by atoms with van der Waals surface area (Å²) in [6.07, 6.45) is 13.2. The predicted octanol–water partition coefficient (Wildman–Crippen LogP) is 6.42. The van der Waals surface area contributed by atoms with Crippen LogP contribution < -0.4 is 4.57 Å². The minimum atomic E-state index is 1.13. The largest absolute Gasteiger partial charge is 0.213 e. The lowest BCUT2D eigenvalue weighted by Crippen LogP contribution is -2.33. The number of aromatic nitrogens is 1. The van der Waals surface area contributed by atoms with Crippen LogP contribution in [0.25, 0.3) is 21.7 Å². The van der Waals surface area contributed by atoms with Gasteiger partial charge in [0.1, 0.15) is 6.54 Å². The molecule has 0 bridgehead atoms. The van der Waals surface area contributed by atoms with E-state index in [4.69, 9.17) is 0 Å². The maximum atomic E-state index is 2.43. The molecule has 3 aromatic rings. The lowest BCUT2D eigenvalue weighted by Gasteiger charge is -2.05. The molecule has 0 saturated heterocycles. The monoisotopic (exact) mass is 320 g/mol. The summed E-state index contributed by atoms with van der Waals surface area (Å²) in [6.45, 7) is 3.41. The van der Waals surface area contributed by atoms with Crippen molar-refractivity contribution >= 4 is 21.7 Å². The molecule has 0 fully saturated rings. The summed E-state index contributed by atoms with van der Waals surface area (Å²) in [5.74, 6) is 0. The Bertz CT molecular complexity index is 775. The third kappa shape index (κ3) is 4.14. The number of hydrogen-bond donors (Lipinski definition) is 0. The number of aryl methyl sites for hydroxylation is 1. The molecule has 1 nitrogen and oxygen atoms in total. The molecule has 0 spiro atoms. The molecule has 1 aromatic heterocycles. The quantitative estimate of drug-likeness (QED) is 0.243. The van der Waals surface area contributed by atoms with Gasteiger partial charge in [-0.15, -0.1) is 0 Å². The molecule has 0 unspecified atom stereocenters. The van der Waals surface area contributed by atoms with E-state index in [1.807, 2.05) is 0 Å². The maximum Gasteiger partial charge on any atom is 0.213 e. The van der Waals surface area contributed by atoms with E-state index >= 15 is 0 Å². The van der Waals surface area contributed by atoms with Crippen LogP contribution in [0.3, 0.4) is 0 Å². The normalized spacial score (nSPS) is 11.4. The van der Waals surface area contributed by atoms with E-state index in [2.05, 4.69) is 66.2 Å². The molecular weight excluding hydrogens is 290 g/mol. The summed E-state index contributed by atoms with van der Waals surface area (Å²) in [4.78, 5) is 0. The summed E-state index contributed by atoms with van der Waals surface area (Å²) in [5, 5.41) is 4.06. The van der Waals surface area contributed by atoms with E-state index in [0.717, 1.165) is 6.54 Å². The van der Waals surface area contributed by atoms with Gasteiger partial charge in [-0.25, -0.2) is 0 Å². The Hall–Kier alpha value is -1.89. The highest BCUT2D eigenvalue weighted by molar-refractivity contribution is 6.04. The molecule has 0 radical (unpaired) electrons. The van der Waals surface area contributed by atoms with Crippen LogP contribution in [0.2, 0.25) is 0 Å². The molecule has 1 heteroatoms. The molecule has 1 heterocycles. The molecule has 126 valence electrons. The molecular formula is C23H30N+. The zero-order valence-electron chi connectivity index (χ0n) is 15.0. The second-order valence-electron chi connectivity index (χ2n) is 6.90. The summed E-state index contributed by atoms with van der Waals surface area (Å²) < 4.78 is 2.43. The zero-order chi connectivity index (χ0) is 16.6. The molecule has 0 saturated carbocycles. The number of rotatable bonds is 9. The third-order valence-electron chi connectivity index (χ3n) is 5.04. The van der Waals surface area contributed by atoms with E-state index in [-0.39, 0.29) is 0 Å². The summed E-state index contributed by atoms with van der Waals surface area (Å²) in [7, 11) is 0. The van der Waals surface area contributed by atoms with Crippen LogP contribution in [0.5, 0.6) is 0 Å². The number of benzene rings is 2. The van der Waals surface area contributed by atoms with Crippen molar-refractivity contribution in [2.24, 2.45) is 0 Å². The Kier molecular flexibility index (Phi) is 6.23. The molecule has 0 atom stereocenters. The highest BCUT2D eigenvalue weighted by Gasteiger charge is 2.10. The number of nitrogens with zero attached hydrogens (tertiary/aromatic N) is 1. The van der Waals surface area contributed by atoms with E-state index in [0.29, 0.717) is 0 Å². The van der Waals surface area contributed by atoms with Gasteiger partial charge < -0.3 is 0 Å². The van der Waals surface area contributed by atoms with Crippen molar-refractivity contribution in [3.63, 3.8) is 0 Å². The number of hydrogen-bond acceptors (Lipinski definition) is 0. The predicted molar refractivity (Wildman–Crippen MR) is 104 cm³/mol. The van der Waals surface area contributed by atoms with E-state index in [9.17, 15) is 0 Å². The minimum Gasteiger partial charge on any atom is -0.198 e. The summed E-state index contributed by atoms with van der Waals surface area (Å²) >= 11 is 0. The van der Waals surface area contributed by atoms with Gasteiger partial charge in [0.25, 0.3) is 0 Å². The van der Waals surface area contributed by atoms with Gasteiger partial charge in [0, 0.05) is 18.6 Å². The summed E-state index contributed by atoms with van der Waals surface area (Å²) in [5.41, 5.74) is 1.36. The SMILES string of the molecule is CCCCCCCCCC[n+]1cccc2c3ccccc3ccc21. The molecule has 0 aliphatic rings. The molecule has 0 aliphatic carbocycles. The fraction of sp³-hybridized carbons (Fsp3) is 0.435. The fourth-order valence-corrected chi connectivity index (χ4v) is 3.64. The van der Waals surface area contributed by atoms with E-state index in [1.54, 1.807) is 0 Å². The Labute approximate surface area is 146 Å². The van der Waals surface area contributed by atoms with Crippen molar-refractivity contribution in [2.75, 3.05) is 0 Å². The van der Waals surface area contributed by atoms with E-state index < -0.39 is 0 Å². The van der Waals surface area contributed by atoms with Gasteiger partial charge in [-0.2, -0.15) is 4.57 Å². The van der Waals surface area contributed by atoms with Crippen molar-refractivity contribution in [3.8, 4) is 0 Å². The van der Waals surface area contributed by atoms with Gasteiger partial charge in [0.05, 0.1) is 5.39 Å². The highest BCUT2D eigenvalue weighted by atomic mass is 14.9. The van der Waals surface area contributed by atoms with Crippen LogP contribution in [0.1, 0.15) is 58.3 Å². The average Bonchev–Trinajstić information content (AvgIpc) is 2.64. The van der Waals surface area contributed by atoms with Crippen LogP contribution >= 0.6 is 0 Å². The molecule has 0 aliphatic heterocycles. The number of unbranched alkanes of at least 4 members (excludes halogenated alkanes) is 7. The first kappa shape index (κ1) is 17.0. The Morgan fingerprint density at radius 2 is 1.38 bits per heavy atom. The van der Waals surface area contributed by atoms with Gasteiger partial charge in [0.2, 0.25) is 5.52 Å². The van der Waals surface area contributed by atoms with Crippen molar-refractivity contribution < 1.29 is 4.57 Å². The Morgan fingerprint density at radius 3 is 2.21 bits per heavy atom. The van der Waals surface area contributed by atoms with Crippen molar-refractivity contribution in [1.29, 1.82) is 0 Å². The second kappa shape index (κ2) is 8.82. The fourth-order valence-electron chi connectivity index (χ4n) is 3.64. The maximum absolute atomic E-state index is 2.43. The molecule has 24 heavy (non-hydrogen) atoms. The molecule has 0 amide bonds. The molecule has 2 aromatic carbocycles. The van der Waals surface area contributed by atoms with Crippen LogP contribution in [0.4, 0.5) is 0 Å². The molecule has 0 N–H and O–H groups in total. The van der Waals surface area contributed by atoms with Crippen LogP contribution in [0, 0.1) is 0 Å². The third-order valence-corrected chi connectivity index (χ3v) is 5.04. The highest BCUT2D eigenvalue weighted by Crippen LogP contribution is 2.22. The Balaban J connectivity index is 1.60. The second-order valence-corrected chi connectivity index (χ2v) is 6.90. The topological polar surface area (TPSA) is 3.88 Å². The summed E-state index contributed by atoms with van der Waals surface area (Å²) in [6, 6.07) is 17.7. The number of pyridine rings is 1. The first-order chi connectivity index (χ1) is 11.9. The molecule has 3 rings (SSSR count). The first-order valence-corrected chi connectivity index (χ1v) is 9.70. The smallest absolute Gasteiger partial charge is 0.198 e. The number of fused-ring (bicyclic) bond motifs is 3. The van der Waals surface area contributed by atoms with Crippen molar-refractivity contribution in [3.05, 3.63) is 54.7 Å². The van der Waals surface area contributed by atoms with Gasteiger partial charge in [0.15, 0.2) is 6.20 Å². The van der Waals surface area contributed by atoms with Gasteiger partial charge >= 0.3 is 0 Å². The van der Waals surface area contributed by atoms with Crippen molar-refractivity contribution in [1.82, 2.24) is 0 Å². The first-order valence-electron chi connectivity index (χ1n) is 9.70. The van der Waals surface area contributed by atoms with Gasteiger partial charge in [-0.05, 0) is 29.3 Å².